The number of hydrogen-bond donors (Lipinski definition) is 1. The Morgan fingerprint density at radius 1 is 1.05 bits per heavy atom. The van der Waals surface area contributed by atoms with E-state index in [0.717, 1.165) is 18.3 Å². The maximum Gasteiger partial charge on any atom is 0.0232 e. The van der Waals surface area contributed by atoms with Gasteiger partial charge < -0.3 is 5.32 Å². The number of halogens is 1. The van der Waals surface area contributed by atoms with Crippen molar-refractivity contribution in [1.29, 1.82) is 0 Å². The summed E-state index contributed by atoms with van der Waals surface area (Å²) in [5, 5.41) is 3.57. The van der Waals surface area contributed by atoms with Crippen molar-refractivity contribution in [2.45, 2.75) is 36.1 Å². The van der Waals surface area contributed by atoms with Gasteiger partial charge in [-0.15, -0.1) is 11.8 Å². The molecule has 104 valence electrons. The lowest BCUT2D eigenvalue weighted by Gasteiger charge is -2.06. The summed E-state index contributed by atoms with van der Waals surface area (Å²) in [6.45, 7) is 1.00. The predicted octanol–water partition coefficient (Wildman–Crippen LogP) is 4.84. The molecule has 0 atom stereocenters. The van der Waals surface area contributed by atoms with Crippen LogP contribution in [0.3, 0.4) is 0 Å². The van der Waals surface area contributed by atoms with Crippen molar-refractivity contribution >= 4 is 34.4 Å². The van der Waals surface area contributed by atoms with E-state index in [1.54, 1.807) is 0 Å². The van der Waals surface area contributed by atoms with Crippen LogP contribution >= 0.6 is 34.4 Å². The Hall–Kier alpha value is -0.520. The molecule has 3 heteroatoms. The second-order valence-corrected chi connectivity index (χ2v) is 7.51. The standard InChI is InChI=1S/C17H18INS/c18-15-6-4-13(5-7-15)12-20-17-3-1-2-14(10-17)11-19-16-8-9-16/h1-7,10,16,19H,8-9,11-12H2. The van der Waals surface area contributed by atoms with Gasteiger partial charge in [-0.05, 0) is 70.8 Å². The van der Waals surface area contributed by atoms with Crippen molar-refractivity contribution in [3.8, 4) is 0 Å². The van der Waals surface area contributed by atoms with Crippen LogP contribution in [-0.4, -0.2) is 6.04 Å². The van der Waals surface area contributed by atoms with E-state index in [-0.39, 0.29) is 0 Å². The lowest BCUT2D eigenvalue weighted by molar-refractivity contribution is 0.687. The normalized spacial score (nSPS) is 14.4. The third-order valence-electron chi connectivity index (χ3n) is 3.39. The minimum Gasteiger partial charge on any atom is -0.310 e. The zero-order valence-corrected chi connectivity index (χ0v) is 14.3. The predicted molar refractivity (Wildman–Crippen MR) is 95.0 cm³/mol. The van der Waals surface area contributed by atoms with Crippen LogP contribution in [0, 0.1) is 3.57 Å². The van der Waals surface area contributed by atoms with Gasteiger partial charge in [0.1, 0.15) is 0 Å². The summed E-state index contributed by atoms with van der Waals surface area (Å²) in [6, 6.07) is 18.5. The van der Waals surface area contributed by atoms with Crippen LogP contribution in [0.4, 0.5) is 0 Å². The fourth-order valence-electron chi connectivity index (χ4n) is 2.04. The second kappa shape index (κ2) is 6.96. The molecule has 0 saturated heterocycles. The molecule has 0 aliphatic heterocycles. The molecule has 3 rings (SSSR count). The van der Waals surface area contributed by atoms with Gasteiger partial charge in [-0.1, -0.05) is 24.3 Å². The first-order chi connectivity index (χ1) is 9.79. The third-order valence-corrected chi connectivity index (χ3v) is 5.17. The fraction of sp³-hybridized carbons (Fsp3) is 0.294. The highest BCUT2D eigenvalue weighted by atomic mass is 127. The van der Waals surface area contributed by atoms with E-state index in [4.69, 9.17) is 0 Å². The fourth-order valence-corrected chi connectivity index (χ4v) is 3.34. The molecule has 1 saturated carbocycles. The molecule has 0 spiro atoms. The first kappa shape index (κ1) is 14.4. The van der Waals surface area contributed by atoms with Crippen LogP contribution in [0.25, 0.3) is 0 Å². The summed E-state index contributed by atoms with van der Waals surface area (Å²) in [4.78, 5) is 1.36. The Labute approximate surface area is 138 Å². The Morgan fingerprint density at radius 2 is 1.85 bits per heavy atom. The molecule has 0 heterocycles. The topological polar surface area (TPSA) is 12.0 Å². The molecule has 1 aliphatic carbocycles. The van der Waals surface area contributed by atoms with Gasteiger partial charge in [0.25, 0.3) is 0 Å². The summed E-state index contributed by atoms with van der Waals surface area (Å²) in [7, 11) is 0. The van der Waals surface area contributed by atoms with Gasteiger partial charge >= 0.3 is 0 Å². The number of nitrogens with one attached hydrogen (secondary N) is 1. The number of hydrogen-bond acceptors (Lipinski definition) is 2. The molecule has 1 aliphatic rings. The van der Waals surface area contributed by atoms with Crippen LogP contribution in [0.5, 0.6) is 0 Å². The SMILES string of the molecule is Ic1ccc(CSc2cccc(CNC3CC3)c2)cc1. The number of thioether (sulfide) groups is 1. The van der Waals surface area contributed by atoms with Crippen molar-refractivity contribution in [1.82, 2.24) is 5.32 Å². The zero-order chi connectivity index (χ0) is 13.8. The van der Waals surface area contributed by atoms with Crippen molar-refractivity contribution in [3.63, 3.8) is 0 Å². The molecule has 2 aromatic rings. The molecular formula is C17H18INS. The van der Waals surface area contributed by atoms with Gasteiger partial charge in [-0.3, -0.25) is 0 Å². The van der Waals surface area contributed by atoms with E-state index in [0.29, 0.717) is 0 Å². The second-order valence-electron chi connectivity index (χ2n) is 5.22. The molecule has 20 heavy (non-hydrogen) atoms. The maximum absolute atomic E-state index is 3.57. The monoisotopic (exact) mass is 395 g/mol. The molecule has 1 fully saturated rings. The van der Waals surface area contributed by atoms with E-state index in [2.05, 4.69) is 76.4 Å². The quantitative estimate of drug-likeness (QED) is 0.555. The Kier molecular flexibility index (Phi) is 5.02. The molecule has 2 aromatic carbocycles. The summed E-state index contributed by atoms with van der Waals surface area (Å²) in [6.07, 6.45) is 2.70. The van der Waals surface area contributed by atoms with Crippen molar-refractivity contribution in [2.24, 2.45) is 0 Å². The summed E-state index contributed by atoms with van der Waals surface area (Å²) in [5.41, 5.74) is 2.78. The highest BCUT2D eigenvalue weighted by molar-refractivity contribution is 14.1. The summed E-state index contributed by atoms with van der Waals surface area (Å²) >= 11 is 4.26. The van der Waals surface area contributed by atoms with E-state index < -0.39 is 0 Å². The van der Waals surface area contributed by atoms with Gasteiger partial charge in [0.05, 0.1) is 0 Å². The Balaban J connectivity index is 1.56. The van der Waals surface area contributed by atoms with E-state index in [9.17, 15) is 0 Å². The lowest BCUT2D eigenvalue weighted by atomic mass is 10.2. The molecule has 0 aromatic heterocycles. The van der Waals surface area contributed by atoms with Gasteiger partial charge in [0, 0.05) is 26.8 Å². The van der Waals surface area contributed by atoms with Crippen molar-refractivity contribution in [2.75, 3.05) is 0 Å². The first-order valence-corrected chi connectivity index (χ1v) is 9.05. The highest BCUT2D eigenvalue weighted by Crippen LogP contribution is 2.25. The van der Waals surface area contributed by atoms with Gasteiger partial charge in [-0.25, -0.2) is 0 Å². The zero-order valence-electron chi connectivity index (χ0n) is 11.3. The van der Waals surface area contributed by atoms with Crippen molar-refractivity contribution in [3.05, 3.63) is 63.2 Å². The molecule has 0 radical (unpaired) electrons. The van der Waals surface area contributed by atoms with Crippen LogP contribution in [0.2, 0.25) is 0 Å². The molecule has 0 bridgehead atoms. The third kappa shape index (κ3) is 4.50. The van der Waals surface area contributed by atoms with Crippen LogP contribution < -0.4 is 5.32 Å². The average Bonchev–Trinajstić information content (AvgIpc) is 3.29. The van der Waals surface area contributed by atoms with E-state index in [1.807, 2.05) is 11.8 Å². The van der Waals surface area contributed by atoms with Crippen molar-refractivity contribution < 1.29 is 0 Å². The van der Waals surface area contributed by atoms with Crippen LogP contribution in [0.15, 0.2) is 53.4 Å². The minimum atomic E-state index is 0.776. The van der Waals surface area contributed by atoms with Gasteiger partial charge in [0.15, 0.2) is 0 Å². The number of rotatable bonds is 6. The lowest BCUT2D eigenvalue weighted by Crippen LogP contribution is -2.15. The van der Waals surface area contributed by atoms with E-state index in [1.165, 1.54) is 32.4 Å². The minimum absolute atomic E-state index is 0.776. The maximum atomic E-state index is 3.57. The van der Waals surface area contributed by atoms with Crippen LogP contribution in [0.1, 0.15) is 24.0 Å². The first-order valence-electron chi connectivity index (χ1n) is 6.99. The summed E-state index contributed by atoms with van der Waals surface area (Å²) < 4.78 is 1.30. The number of benzene rings is 2. The van der Waals surface area contributed by atoms with Gasteiger partial charge in [0.2, 0.25) is 0 Å². The molecule has 1 nitrogen and oxygen atoms in total. The Morgan fingerprint density at radius 3 is 2.60 bits per heavy atom. The largest absolute Gasteiger partial charge is 0.310 e. The Bertz CT molecular complexity index is 563. The molecule has 0 unspecified atom stereocenters. The average molecular weight is 395 g/mol. The van der Waals surface area contributed by atoms with Crippen LogP contribution in [-0.2, 0) is 12.3 Å². The molecule has 0 amide bonds. The van der Waals surface area contributed by atoms with Gasteiger partial charge in [-0.2, -0.15) is 0 Å². The summed E-state index contributed by atoms with van der Waals surface area (Å²) in [5.74, 6) is 1.04. The van der Waals surface area contributed by atoms with E-state index >= 15 is 0 Å². The smallest absolute Gasteiger partial charge is 0.0232 e. The highest BCUT2D eigenvalue weighted by Gasteiger charge is 2.19. The molecular weight excluding hydrogens is 377 g/mol. The molecule has 1 N–H and O–H groups in total.